The molecule has 0 atom stereocenters. The molecule has 62 valence electrons. The molecule has 1 aromatic rings. The molecule has 0 bridgehead atoms. The van der Waals surface area contributed by atoms with E-state index in [2.05, 4.69) is 5.43 Å². The first-order valence-corrected chi connectivity index (χ1v) is 3.73. The molecule has 0 saturated carbocycles. The van der Waals surface area contributed by atoms with Gasteiger partial charge in [-0.3, -0.25) is 5.84 Å². The molecule has 3 N–H and O–H groups in total. The molecule has 0 saturated heterocycles. The van der Waals surface area contributed by atoms with Crippen molar-refractivity contribution >= 4 is 40.7 Å². The lowest BCUT2D eigenvalue weighted by Crippen LogP contribution is -2.06. The van der Waals surface area contributed by atoms with Gasteiger partial charge in [0.15, 0.2) is 0 Å². The van der Waals surface area contributed by atoms with E-state index < -0.39 is 0 Å². The molecular formula is C6H7ClFIN2. The van der Waals surface area contributed by atoms with Crippen molar-refractivity contribution in [2.75, 3.05) is 5.43 Å². The molecule has 0 aliphatic heterocycles. The highest BCUT2D eigenvalue weighted by Crippen LogP contribution is 2.13. The van der Waals surface area contributed by atoms with E-state index in [0.29, 0.717) is 5.69 Å². The summed E-state index contributed by atoms with van der Waals surface area (Å²) >= 11 is 2.02. The fourth-order valence-electron chi connectivity index (χ4n) is 0.637. The minimum atomic E-state index is -0.278. The number of hydrogen-bond acceptors (Lipinski definition) is 2. The van der Waals surface area contributed by atoms with E-state index in [1.165, 1.54) is 12.1 Å². The van der Waals surface area contributed by atoms with Crippen LogP contribution >= 0.6 is 35.0 Å². The molecule has 0 aliphatic carbocycles. The Hall–Kier alpha value is -0.0700. The van der Waals surface area contributed by atoms with Gasteiger partial charge in [0.05, 0.1) is 5.69 Å². The van der Waals surface area contributed by atoms with Crippen molar-refractivity contribution in [3.63, 3.8) is 0 Å². The third kappa shape index (κ3) is 3.22. The molecule has 0 spiro atoms. The van der Waals surface area contributed by atoms with Crippen LogP contribution in [0.25, 0.3) is 0 Å². The predicted molar refractivity (Wildman–Crippen MR) is 54.2 cm³/mol. The minimum absolute atomic E-state index is 0. The van der Waals surface area contributed by atoms with E-state index >= 15 is 0 Å². The molecule has 1 aromatic carbocycles. The Kier molecular flexibility index (Phi) is 4.71. The summed E-state index contributed by atoms with van der Waals surface area (Å²) in [5.74, 6) is 4.79. The van der Waals surface area contributed by atoms with Gasteiger partial charge in [-0.1, -0.05) is 0 Å². The summed E-state index contributed by atoms with van der Waals surface area (Å²) in [7, 11) is 0. The van der Waals surface area contributed by atoms with Gasteiger partial charge in [-0.2, -0.15) is 0 Å². The van der Waals surface area contributed by atoms with E-state index in [9.17, 15) is 4.39 Å². The van der Waals surface area contributed by atoms with E-state index in [0.717, 1.165) is 3.57 Å². The highest BCUT2D eigenvalue weighted by molar-refractivity contribution is 14.1. The van der Waals surface area contributed by atoms with E-state index in [1.807, 2.05) is 22.6 Å². The summed E-state index contributed by atoms with van der Waals surface area (Å²) < 4.78 is 13.3. The summed E-state index contributed by atoms with van der Waals surface area (Å²) in [6.45, 7) is 0. The van der Waals surface area contributed by atoms with Crippen molar-refractivity contribution in [1.82, 2.24) is 0 Å². The van der Waals surface area contributed by atoms with E-state index in [-0.39, 0.29) is 18.2 Å². The lowest BCUT2D eigenvalue weighted by atomic mass is 10.3. The molecule has 2 nitrogen and oxygen atoms in total. The Balaban J connectivity index is 0.000001000. The van der Waals surface area contributed by atoms with Crippen LogP contribution in [0.15, 0.2) is 18.2 Å². The minimum Gasteiger partial charge on any atom is -0.324 e. The van der Waals surface area contributed by atoms with Crippen LogP contribution in [-0.2, 0) is 0 Å². The summed E-state index contributed by atoms with van der Waals surface area (Å²) in [6.07, 6.45) is 0. The van der Waals surface area contributed by atoms with Gasteiger partial charge in [0.25, 0.3) is 0 Å². The normalized spacial score (nSPS) is 8.64. The molecule has 0 aliphatic rings. The molecule has 0 aromatic heterocycles. The first-order valence-electron chi connectivity index (χ1n) is 2.65. The van der Waals surface area contributed by atoms with Crippen molar-refractivity contribution in [3.05, 3.63) is 27.6 Å². The number of halogens is 3. The maximum atomic E-state index is 12.5. The lowest BCUT2D eigenvalue weighted by Gasteiger charge is -1.99. The maximum absolute atomic E-state index is 12.5. The fourth-order valence-corrected chi connectivity index (χ4v) is 1.27. The average molecular weight is 288 g/mol. The zero-order valence-corrected chi connectivity index (χ0v) is 8.45. The predicted octanol–water partition coefficient (Wildman–Crippen LogP) is 2.14. The highest BCUT2D eigenvalue weighted by atomic mass is 127. The second kappa shape index (κ2) is 4.74. The highest BCUT2D eigenvalue weighted by Gasteiger charge is 1.95. The number of hydrazine groups is 1. The second-order valence-electron chi connectivity index (χ2n) is 1.80. The third-order valence-corrected chi connectivity index (χ3v) is 1.65. The number of anilines is 1. The Bertz CT molecular complexity index is 224. The van der Waals surface area contributed by atoms with Gasteiger partial charge in [0, 0.05) is 3.57 Å². The Morgan fingerprint density at radius 2 is 2.00 bits per heavy atom. The largest absolute Gasteiger partial charge is 0.324 e. The van der Waals surface area contributed by atoms with E-state index in [4.69, 9.17) is 5.84 Å². The molecule has 0 fully saturated rings. The van der Waals surface area contributed by atoms with Crippen LogP contribution in [0.3, 0.4) is 0 Å². The van der Waals surface area contributed by atoms with Crippen LogP contribution in [0.1, 0.15) is 0 Å². The van der Waals surface area contributed by atoms with Gasteiger partial charge in [-0.25, -0.2) is 4.39 Å². The van der Waals surface area contributed by atoms with E-state index in [1.54, 1.807) is 6.07 Å². The number of hydrogen-bond donors (Lipinski definition) is 2. The molecular weight excluding hydrogens is 281 g/mol. The van der Waals surface area contributed by atoms with Crippen LogP contribution < -0.4 is 11.3 Å². The molecule has 1 rings (SSSR count). The zero-order chi connectivity index (χ0) is 7.56. The fraction of sp³-hybridized carbons (Fsp3) is 0. The second-order valence-corrected chi connectivity index (χ2v) is 3.05. The van der Waals surface area contributed by atoms with Crippen LogP contribution in [0.5, 0.6) is 0 Å². The van der Waals surface area contributed by atoms with Crippen molar-refractivity contribution in [2.24, 2.45) is 5.84 Å². The molecule has 11 heavy (non-hydrogen) atoms. The number of rotatable bonds is 1. The summed E-state index contributed by atoms with van der Waals surface area (Å²) in [4.78, 5) is 0. The van der Waals surface area contributed by atoms with Gasteiger partial charge in [-0.05, 0) is 40.8 Å². The van der Waals surface area contributed by atoms with Crippen molar-refractivity contribution in [2.45, 2.75) is 0 Å². The van der Waals surface area contributed by atoms with Gasteiger partial charge >= 0.3 is 0 Å². The smallest absolute Gasteiger partial charge is 0.126 e. The number of nitrogen functional groups attached to an aromatic ring is 1. The van der Waals surface area contributed by atoms with Crippen LogP contribution in [0.2, 0.25) is 0 Å². The van der Waals surface area contributed by atoms with Crippen LogP contribution in [0.4, 0.5) is 10.1 Å². The first-order chi connectivity index (χ1) is 4.72. The summed E-state index contributed by atoms with van der Waals surface area (Å²) in [5, 5.41) is 0. The Morgan fingerprint density at radius 3 is 2.45 bits per heavy atom. The number of nitrogens with one attached hydrogen (secondary N) is 1. The average Bonchev–Trinajstić information content (AvgIpc) is 1.85. The van der Waals surface area contributed by atoms with Crippen LogP contribution in [-0.4, -0.2) is 0 Å². The van der Waals surface area contributed by atoms with Gasteiger partial charge < -0.3 is 5.43 Å². The zero-order valence-electron chi connectivity index (χ0n) is 5.47. The molecule has 0 unspecified atom stereocenters. The number of nitrogens with two attached hydrogens (primary N) is 1. The summed E-state index contributed by atoms with van der Waals surface area (Å²) in [6, 6.07) is 4.52. The Labute approximate surface area is 83.9 Å². The molecule has 0 amide bonds. The quantitative estimate of drug-likeness (QED) is 0.472. The topological polar surface area (TPSA) is 38.0 Å². The SMILES string of the molecule is Cl.NNc1cc(F)cc(I)c1. The molecule has 5 heteroatoms. The molecule has 0 radical (unpaired) electrons. The van der Waals surface area contributed by atoms with Crippen molar-refractivity contribution in [3.8, 4) is 0 Å². The van der Waals surface area contributed by atoms with Crippen LogP contribution in [0, 0.1) is 9.39 Å². The van der Waals surface area contributed by atoms with Crippen molar-refractivity contribution in [1.29, 1.82) is 0 Å². The van der Waals surface area contributed by atoms with Crippen molar-refractivity contribution < 1.29 is 4.39 Å². The summed E-state index contributed by atoms with van der Waals surface area (Å²) in [5.41, 5.74) is 2.95. The van der Waals surface area contributed by atoms with Gasteiger partial charge in [-0.15, -0.1) is 12.4 Å². The Morgan fingerprint density at radius 1 is 1.36 bits per heavy atom. The van der Waals surface area contributed by atoms with Gasteiger partial charge in [0.1, 0.15) is 5.82 Å². The van der Waals surface area contributed by atoms with Gasteiger partial charge in [0.2, 0.25) is 0 Å². The maximum Gasteiger partial charge on any atom is 0.126 e. The lowest BCUT2D eigenvalue weighted by molar-refractivity contribution is 0.627. The standard InChI is InChI=1S/C6H6FIN2.ClH/c7-4-1-5(8)3-6(2-4)10-9;/h1-3,10H,9H2;1H. The monoisotopic (exact) mass is 288 g/mol. The molecule has 0 heterocycles. The number of benzene rings is 1. The third-order valence-electron chi connectivity index (χ3n) is 1.03. The first kappa shape index (κ1) is 10.9.